The Hall–Kier alpha value is -1.83. The van der Waals surface area contributed by atoms with Crippen molar-refractivity contribution in [2.45, 2.75) is 45.0 Å². The highest BCUT2D eigenvalue weighted by atomic mass is 19.4. The van der Waals surface area contributed by atoms with Crippen molar-refractivity contribution in [3.05, 3.63) is 35.1 Å². The van der Waals surface area contributed by atoms with E-state index in [2.05, 4.69) is 5.32 Å². The standard InChI is InChI=1S/C15H20F4N2O2/c1-14(2,3)23-13(22)21-11(8-20)6-9-4-5-10(16)7-12(9)15(17,18)19/h4-5,7,11H,6,8,20H2,1-3H3,(H,21,22). The summed E-state index contributed by atoms with van der Waals surface area (Å²) in [5.74, 6) is -0.981. The van der Waals surface area contributed by atoms with Crippen molar-refractivity contribution < 1.29 is 27.1 Å². The van der Waals surface area contributed by atoms with Crippen LogP contribution in [0.3, 0.4) is 0 Å². The highest BCUT2D eigenvalue weighted by Crippen LogP contribution is 2.33. The van der Waals surface area contributed by atoms with E-state index in [4.69, 9.17) is 10.5 Å². The number of nitrogens with two attached hydrogens (primary N) is 1. The SMILES string of the molecule is CC(C)(C)OC(=O)NC(CN)Cc1ccc(F)cc1C(F)(F)F. The van der Waals surface area contributed by atoms with E-state index in [0.717, 1.165) is 12.1 Å². The average Bonchev–Trinajstić information content (AvgIpc) is 2.36. The van der Waals surface area contributed by atoms with Gasteiger partial charge >= 0.3 is 12.3 Å². The summed E-state index contributed by atoms with van der Waals surface area (Å²) in [5, 5.41) is 2.42. The summed E-state index contributed by atoms with van der Waals surface area (Å²) in [6, 6.07) is 1.64. The van der Waals surface area contributed by atoms with Crippen LogP contribution in [-0.4, -0.2) is 24.3 Å². The van der Waals surface area contributed by atoms with Crippen molar-refractivity contribution in [1.82, 2.24) is 5.32 Å². The third kappa shape index (κ3) is 6.43. The second-order valence-electron chi connectivity index (χ2n) is 6.08. The van der Waals surface area contributed by atoms with Gasteiger partial charge in [-0.25, -0.2) is 9.18 Å². The quantitative estimate of drug-likeness (QED) is 0.830. The Bertz CT molecular complexity index is 553. The van der Waals surface area contributed by atoms with Gasteiger partial charge in [-0.2, -0.15) is 13.2 Å². The molecule has 0 aliphatic heterocycles. The number of rotatable bonds is 4. The Morgan fingerprint density at radius 2 is 1.91 bits per heavy atom. The highest BCUT2D eigenvalue weighted by molar-refractivity contribution is 5.68. The van der Waals surface area contributed by atoms with Crippen LogP contribution in [-0.2, 0) is 17.3 Å². The molecule has 130 valence electrons. The minimum Gasteiger partial charge on any atom is -0.444 e. The van der Waals surface area contributed by atoms with Crippen LogP contribution in [0.15, 0.2) is 18.2 Å². The first kappa shape index (κ1) is 19.2. The largest absolute Gasteiger partial charge is 0.444 e. The molecule has 1 atom stereocenters. The van der Waals surface area contributed by atoms with E-state index in [1.165, 1.54) is 0 Å². The number of ether oxygens (including phenoxy) is 1. The first-order valence-corrected chi connectivity index (χ1v) is 6.97. The van der Waals surface area contributed by atoms with E-state index in [-0.39, 0.29) is 18.5 Å². The van der Waals surface area contributed by atoms with Crippen LogP contribution >= 0.6 is 0 Å². The molecular formula is C15H20F4N2O2. The molecule has 4 nitrogen and oxygen atoms in total. The van der Waals surface area contributed by atoms with Crippen LogP contribution in [0.4, 0.5) is 22.4 Å². The number of nitrogens with one attached hydrogen (secondary N) is 1. The lowest BCUT2D eigenvalue weighted by molar-refractivity contribution is -0.138. The number of carbonyl (C=O) groups excluding carboxylic acids is 1. The van der Waals surface area contributed by atoms with Gasteiger partial charge in [-0.15, -0.1) is 0 Å². The van der Waals surface area contributed by atoms with E-state index in [1.807, 2.05) is 0 Å². The Balaban J connectivity index is 2.90. The third-order valence-corrected chi connectivity index (χ3v) is 2.85. The minimum atomic E-state index is -4.69. The van der Waals surface area contributed by atoms with Crippen LogP contribution in [0.2, 0.25) is 0 Å². The zero-order valence-corrected chi connectivity index (χ0v) is 13.1. The number of halogens is 4. The number of alkyl carbamates (subject to hydrolysis) is 1. The van der Waals surface area contributed by atoms with Crippen LogP contribution < -0.4 is 11.1 Å². The molecule has 1 amide bonds. The predicted molar refractivity (Wildman–Crippen MR) is 77.3 cm³/mol. The number of alkyl halides is 3. The van der Waals surface area contributed by atoms with Crippen molar-refractivity contribution in [2.75, 3.05) is 6.54 Å². The molecule has 0 radical (unpaired) electrons. The lowest BCUT2D eigenvalue weighted by atomic mass is 9.99. The monoisotopic (exact) mass is 336 g/mol. The van der Waals surface area contributed by atoms with Gasteiger partial charge in [0.15, 0.2) is 0 Å². The van der Waals surface area contributed by atoms with Gasteiger partial charge in [-0.1, -0.05) is 6.07 Å². The second kappa shape index (κ2) is 7.16. The molecule has 0 aliphatic carbocycles. The molecule has 23 heavy (non-hydrogen) atoms. The third-order valence-electron chi connectivity index (χ3n) is 2.85. The predicted octanol–water partition coefficient (Wildman–Crippen LogP) is 3.24. The molecule has 1 aromatic rings. The normalized spacial score (nSPS) is 13.6. The van der Waals surface area contributed by atoms with Crippen molar-refractivity contribution in [2.24, 2.45) is 5.73 Å². The molecule has 0 fully saturated rings. The lowest BCUT2D eigenvalue weighted by Crippen LogP contribution is -2.44. The fourth-order valence-corrected chi connectivity index (χ4v) is 1.92. The van der Waals surface area contributed by atoms with Gasteiger partial charge < -0.3 is 15.8 Å². The maximum absolute atomic E-state index is 13.1. The first-order valence-electron chi connectivity index (χ1n) is 6.97. The van der Waals surface area contributed by atoms with E-state index in [0.29, 0.717) is 6.07 Å². The Labute approximate surface area is 132 Å². The Morgan fingerprint density at radius 3 is 2.39 bits per heavy atom. The fourth-order valence-electron chi connectivity index (χ4n) is 1.92. The summed E-state index contributed by atoms with van der Waals surface area (Å²) in [6.07, 6.45) is -5.66. The molecule has 0 spiro atoms. The van der Waals surface area contributed by atoms with Crippen LogP contribution in [0, 0.1) is 5.82 Å². The minimum absolute atomic E-state index is 0.0894. The number of benzene rings is 1. The van der Waals surface area contributed by atoms with Crippen LogP contribution in [0.1, 0.15) is 31.9 Å². The lowest BCUT2D eigenvalue weighted by Gasteiger charge is -2.23. The van der Waals surface area contributed by atoms with Gasteiger partial charge in [0, 0.05) is 12.6 Å². The molecule has 1 aromatic carbocycles. The number of hydrogen-bond acceptors (Lipinski definition) is 3. The van der Waals surface area contributed by atoms with Gasteiger partial charge in [0.2, 0.25) is 0 Å². The summed E-state index contributed by atoms with van der Waals surface area (Å²) in [7, 11) is 0. The summed E-state index contributed by atoms with van der Waals surface area (Å²) >= 11 is 0. The van der Waals surface area contributed by atoms with Gasteiger partial charge in [-0.3, -0.25) is 0 Å². The molecule has 0 aromatic heterocycles. The van der Waals surface area contributed by atoms with Crippen molar-refractivity contribution in [3.63, 3.8) is 0 Å². The van der Waals surface area contributed by atoms with E-state index >= 15 is 0 Å². The molecule has 0 saturated carbocycles. The topological polar surface area (TPSA) is 64.3 Å². The van der Waals surface area contributed by atoms with Crippen molar-refractivity contribution in [1.29, 1.82) is 0 Å². The van der Waals surface area contributed by atoms with Crippen LogP contribution in [0.5, 0.6) is 0 Å². The fraction of sp³-hybridized carbons (Fsp3) is 0.533. The molecule has 1 unspecified atom stereocenters. The molecule has 0 heterocycles. The summed E-state index contributed by atoms with van der Waals surface area (Å²) in [6.45, 7) is 4.89. The van der Waals surface area contributed by atoms with Gasteiger partial charge in [-0.05, 0) is 44.9 Å². The molecule has 0 aliphatic rings. The Morgan fingerprint density at radius 1 is 1.30 bits per heavy atom. The zero-order chi connectivity index (χ0) is 17.8. The van der Waals surface area contributed by atoms with Gasteiger partial charge in [0.05, 0.1) is 5.56 Å². The van der Waals surface area contributed by atoms with E-state index in [1.54, 1.807) is 20.8 Å². The average molecular weight is 336 g/mol. The highest BCUT2D eigenvalue weighted by Gasteiger charge is 2.34. The first-order chi connectivity index (χ1) is 10.4. The second-order valence-corrected chi connectivity index (χ2v) is 6.08. The summed E-state index contributed by atoms with van der Waals surface area (Å²) in [5.41, 5.74) is 3.53. The molecule has 8 heteroatoms. The molecular weight excluding hydrogens is 316 g/mol. The molecule has 1 rings (SSSR count). The molecule has 0 bridgehead atoms. The maximum atomic E-state index is 13.1. The van der Waals surface area contributed by atoms with E-state index < -0.39 is 35.3 Å². The number of amides is 1. The summed E-state index contributed by atoms with van der Waals surface area (Å²) in [4.78, 5) is 11.7. The maximum Gasteiger partial charge on any atom is 0.416 e. The molecule has 3 N–H and O–H groups in total. The van der Waals surface area contributed by atoms with E-state index in [9.17, 15) is 22.4 Å². The van der Waals surface area contributed by atoms with Gasteiger partial charge in [0.1, 0.15) is 11.4 Å². The Kier molecular flexibility index (Phi) is 5.98. The van der Waals surface area contributed by atoms with Crippen molar-refractivity contribution >= 4 is 6.09 Å². The smallest absolute Gasteiger partial charge is 0.416 e. The number of hydrogen-bond donors (Lipinski definition) is 2. The number of carbonyl (C=O) groups is 1. The van der Waals surface area contributed by atoms with Crippen LogP contribution in [0.25, 0.3) is 0 Å². The van der Waals surface area contributed by atoms with Gasteiger partial charge in [0.25, 0.3) is 0 Å². The van der Waals surface area contributed by atoms with Crippen molar-refractivity contribution in [3.8, 4) is 0 Å². The molecule has 0 saturated heterocycles. The summed E-state index contributed by atoms with van der Waals surface area (Å²) < 4.78 is 57.0. The zero-order valence-electron chi connectivity index (χ0n) is 13.1.